The number of furan rings is 1. The van der Waals surface area contributed by atoms with Crippen molar-refractivity contribution < 1.29 is 13.9 Å². The molecule has 3 atom stereocenters. The Bertz CT molecular complexity index is 566. The van der Waals surface area contributed by atoms with Gasteiger partial charge in [-0.05, 0) is 74.8 Å². The Labute approximate surface area is 146 Å². The van der Waals surface area contributed by atoms with Crippen LogP contribution in [0.2, 0.25) is 0 Å². The van der Waals surface area contributed by atoms with Gasteiger partial charge in [0.05, 0.1) is 19.6 Å². The summed E-state index contributed by atoms with van der Waals surface area (Å²) in [5.41, 5.74) is 4.45. The first kappa shape index (κ1) is 18.8. The van der Waals surface area contributed by atoms with E-state index >= 15 is 0 Å². The van der Waals surface area contributed by atoms with Gasteiger partial charge in [-0.1, -0.05) is 25.0 Å². The van der Waals surface area contributed by atoms with Gasteiger partial charge < -0.3 is 9.15 Å². The molecule has 0 bridgehead atoms. The Kier molecular flexibility index (Phi) is 6.31. The van der Waals surface area contributed by atoms with Crippen LogP contribution in [0.1, 0.15) is 65.4 Å². The second-order valence-corrected chi connectivity index (χ2v) is 7.77. The zero-order chi connectivity index (χ0) is 17.7. The average Bonchev–Trinajstić information content (AvgIpc) is 3.07. The van der Waals surface area contributed by atoms with Gasteiger partial charge in [-0.2, -0.15) is 0 Å². The van der Waals surface area contributed by atoms with E-state index in [1.54, 1.807) is 11.8 Å². The summed E-state index contributed by atoms with van der Waals surface area (Å²) in [5.74, 6) is 1.01. The molecule has 0 saturated heterocycles. The minimum Gasteiger partial charge on any atom is -0.472 e. The molecule has 0 amide bonds. The molecule has 1 aliphatic carbocycles. The summed E-state index contributed by atoms with van der Waals surface area (Å²) in [6.07, 6.45) is 9.54. The monoisotopic (exact) mass is 332 g/mol. The fraction of sp³-hybridized carbons (Fsp3) is 0.667. The number of rotatable bonds is 6. The van der Waals surface area contributed by atoms with Gasteiger partial charge in [0.15, 0.2) is 0 Å². The van der Waals surface area contributed by atoms with E-state index in [1.165, 1.54) is 24.7 Å². The topological polar surface area (TPSA) is 39.4 Å². The molecule has 1 aromatic rings. The van der Waals surface area contributed by atoms with E-state index < -0.39 is 0 Å². The van der Waals surface area contributed by atoms with Crippen LogP contribution in [-0.2, 0) is 16.0 Å². The minimum atomic E-state index is -0.0986. The van der Waals surface area contributed by atoms with Crippen LogP contribution in [0.3, 0.4) is 0 Å². The predicted molar refractivity (Wildman–Crippen MR) is 96.6 cm³/mol. The third-order valence-corrected chi connectivity index (χ3v) is 6.23. The van der Waals surface area contributed by atoms with Crippen molar-refractivity contribution >= 4 is 5.97 Å². The number of methoxy groups -OCH3 is 1. The number of esters is 1. The molecule has 3 nitrogen and oxygen atoms in total. The molecule has 1 heterocycles. The maximum atomic E-state index is 11.7. The standard InChI is InChI=1S/C21H32O3/c1-15(2)18-7-6-16(3)21(4,12-10-17-11-13-24-14-17)19(18)8-9-20(22)23-5/h11,13-14,16,19H,6-10,12H2,1-5H3. The second-order valence-electron chi connectivity index (χ2n) is 7.77. The van der Waals surface area contributed by atoms with Gasteiger partial charge in [0, 0.05) is 6.42 Å². The van der Waals surface area contributed by atoms with Gasteiger partial charge in [-0.3, -0.25) is 4.79 Å². The lowest BCUT2D eigenvalue weighted by Crippen LogP contribution is -2.40. The van der Waals surface area contributed by atoms with E-state index in [9.17, 15) is 4.79 Å². The lowest BCUT2D eigenvalue weighted by atomic mass is 9.56. The third-order valence-electron chi connectivity index (χ3n) is 6.23. The predicted octanol–water partition coefficient (Wildman–Crippen LogP) is 5.55. The SMILES string of the molecule is COC(=O)CCC1C(=C(C)C)CCC(C)C1(C)CCc1ccoc1. The summed E-state index contributed by atoms with van der Waals surface area (Å²) in [6, 6.07) is 2.06. The van der Waals surface area contributed by atoms with Crippen LogP contribution in [0.25, 0.3) is 0 Å². The van der Waals surface area contributed by atoms with E-state index in [0.717, 1.165) is 25.7 Å². The molecule has 2 rings (SSSR count). The normalized spacial score (nSPS) is 27.1. The molecular formula is C21H32O3. The first-order valence-corrected chi connectivity index (χ1v) is 9.12. The first-order valence-electron chi connectivity index (χ1n) is 9.12. The van der Waals surface area contributed by atoms with Crippen LogP contribution in [0.15, 0.2) is 34.2 Å². The molecule has 0 N–H and O–H groups in total. The maximum absolute atomic E-state index is 11.7. The van der Waals surface area contributed by atoms with Crippen LogP contribution in [-0.4, -0.2) is 13.1 Å². The number of carbonyl (C=O) groups excluding carboxylic acids is 1. The lowest BCUT2D eigenvalue weighted by molar-refractivity contribution is -0.141. The number of hydrogen-bond donors (Lipinski definition) is 0. The molecule has 1 saturated carbocycles. The highest BCUT2D eigenvalue weighted by atomic mass is 16.5. The summed E-state index contributed by atoms with van der Waals surface area (Å²) in [6.45, 7) is 9.23. The Morgan fingerprint density at radius 2 is 2.17 bits per heavy atom. The number of hydrogen-bond acceptors (Lipinski definition) is 3. The molecular weight excluding hydrogens is 300 g/mol. The third kappa shape index (κ3) is 4.12. The zero-order valence-electron chi connectivity index (χ0n) is 15.9. The molecule has 24 heavy (non-hydrogen) atoms. The van der Waals surface area contributed by atoms with Gasteiger partial charge in [-0.25, -0.2) is 0 Å². The zero-order valence-corrected chi connectivity index (χ0v) is 15.9. The average molecular weight is 332 g/mol. The Morgan fingerprint density at radius 1 is 1.42 bits per heavy atom. The Hall–Kier alpha value is -1.51. The molecule has 1 aromatic heterocycles. The Balaban J connectivity index is 2.23. The minimum absolute atomic E-state index is 0.0986. The van der Waals surface area contributed by atoms with Gasteiger partial charge in [-0.15, -0.1) is 0 Å². The molecule has 0 aliphatic heterocycles. The van der Waals surface area contributed by atoms with E-state index in [0.29, 0.717) is 18.3 Å². The summed E-state index contributed by atoms with van der Waals surface area (Å²) >= 11 is 0. The molecule has 1 fully saturated rings. The van der Waals surface area contributed by atoms with Crippen LogP contribution in [0, 0.1) is 17.3 Å². The van der Waals surface area contributed by atoms with Gasteiger partial charge in [0.2, 0.25) is 0 Å². The Morgan fingerprint density at radius 3 is 2.75 bits per heavy atom. The molecule has 1 aliphatic rings. The molecule has 134 valence electrons. The van der Waals surface area contributed by atoms with Crippen molar-refractivity contribution in [1.29, 1.82) is 0 Å². The van der Waals surface area contributed by atoms with Crippen LogP contribution < -0.4 is 0 Å². The van der Waals surface area contributed by atoms with Crippen LogP contribution >= 0.6 is 0 Å². The smallest absolute Gasteiger partial charge is 0.305 e. The number of carbonyl (C=O) groups is 1. The van der Waals surface area contributed by atoms with Gasteiger partial charge >= 0.3 is 5.97 Å². The first-order chi connectivity index (χ1) is 11.4. The van der Waals surface area contributed by atoms with E-state index in [2.05, 4.69) is 33.8 Å². The summed E-state index contributed by atoms with van der Waals surface area (Å²) in [4.78, 5) is 11.7. The summed E-state index contributed by atoms with van der Waals surface area (Å²) in [5, 5.41) is 0. The molecule has 3 unspecified atom stereocenters. The van der Waals surface area contributed by atoms with Crippen LogP contribution in [0.4, 0.5) is 0 Å². The quantitative estimate of drug-likeness (QED) is 0.506. The van der Waals surface area contributed by atoms with Gasteiger partial charge in [0.25, 0.3) is 0 Å². The van der Waals surface area contributed by atoms with Crippen molar-refractivity contribution in [2.75, 3.05) is 7.11 Å². The van der Waals surface area contributed by atoms with Crippen molar-refractivity contribution in [2.45, 2.75) is 66.2 Å². The van der Waals surface area contributed by atoms with E-state index in [1.807, 2.05) is 6.26 Å². The van der Waals surface area contributed by atoms with Crippen LogP contribution in [0.5, 0.6) is 0 Å². The highest BCUT2D eigenvalue weighted by Gasteiger charge is 2.43. The summed E-state index contributed by atoms with van der Waals surface area (Å²) < 4.78 is 10.1. The van der Waals surface area contributed by atoms with Crippen molar-refractivity contribution in [1.82, 2.24) is 0 Å². The van der Waals surface area contributed by atoms with E-state index in [4.69, 9.17) is 9.15 Å². The van der Waals surface area contributed by atoms with Crippen molar-refractivity contribution in [3.8, 4) is 0 Å². The fourth-order valence-corrected chi connectivity index (χ4v) is 4.35. The lowest BCUT2D eigenvalue weighted by Gasteiger charge is -2.49. The second kappa shape index (κ2) is 8.04. The molecule has 3 heteroatoms. The van der Waals surface area contributed by atoms with E-state index in [-0.39, 0.29) is 11.4 Å². The maximum Gasteiger partial charge on any atom is 0.305 e. The molecule has 0 aromatic carbocycles. The van der Waals surface area contributed by atoms with Crippen molar-refractivity contribution in [3.05, 3.63) is 35.3 Å². The van der Waals surface area contributed by atoms with Gasteiger partial charge in [0.1, 0.15) is 0 Å². The molecule has 0 radical (unpaired) electrons. The van der Waals surface area contributed by atoms with Crippen molar-refractivity contribution in [2.24, 2.45) is 17.3 Å². The highest BCUT2D eigenvalue weighted by Crippen LogP contribution is 2.53. The largest absolute Gasteiger partial charge is 0.472 e. The number of aryl methyl sites for hydroxylation is 1. The fourth-order valence-electron chi connectivity index (χ4n) is 4.35. The molecule has 0 spiro atoms. The van der Waals surface area contributed by atoms with Crippen molar-refractivity contribution in [3.63, 3.8) is 0 Å². The number of ether oxygens (including phenoxy) is 1. The summed E-state index contributed by atoms with van der Waals surface area (Å²) in [7, 11) is 1.48. The highest BCUT2D eigenvalue weighted by molar-refractivity contribution is 5.69. The number of allylic oxidation sites excluding steroid dienone is 2.